The molecule has 1 aromatic heterocycles. The Morgan fingerprint density at radius 1 is 1.25 bits per heavy atom. The largest absolute Gasteiger partial charge is 0.493 e. The van der Waals surface area contributed by atoms with Crippen LogP contribution in [0.1, 0.15) is 30.0 Å². The van der Waals surface area contributed by atoms with E-state index in [1.807, 2.05) is 18.3 Å². The molecule has 1 aliphatic heterocycles. The van der Waals surface area contributed by atoms with Crippen LogP contribution in [0, 0.1) is 0 Å². The summed E-state index contributed by atoms with van der Waals surface area (Å²) in [5, 5.41) is 8.02. The molecule has 2 aliphatic rings. The van der Waals surface area contributed by atoms with E-state index in [4.69, 9.17) is 4.74 Å². The number of hydrogen-bond donors (Lipinski definition) is 1. The van der Waals surface area contributed by atoms with Crippen LogP contribution in [0.25, 0.3) is 0 Å². The number of nitrogens with one attached hydrogen (secondary N) is 1. The van der Waals surface area contributed by atoms with E-state index >= 15 is 0 Å². The predicted octanol–water partition coefficient (Wildman–Crippen LogP) is 2.31. The van der Waals surface area contributed by atoms with Crippen LogP contribution >= 0.6 is 0 Å². The SMILES string of the molecule is c1ccc2c(c1)OCC2Cn1nccc1CNC1CC1. The molecule has 1 N–H and O–H groups in total. The Morgan fingerprint density at radius 3 is 3.05 bits per heavy atom. The summed E-state index contributed by atoms with van der Waals surface area (Å²) in [4.78, 5) is 0. The average Bonchev–Trinajstić information content (AvgIpc) is 3.07. The predicted molar refractivity (Wildman–Crippen MR) is 76.8 cm³/mol. The second-order valence-corrected chi connectivity index (χ2v) is 5.71. The van der Waals surface area contributed by atoms with Gasteiger partial charge in [0.05, 0.1) is 18.8 Å². The first-order chi connectivity index (χ1) is 9.90. The highest BCUT2D eigenvalue weighted by Gasteiger charge is 2.25. The summed E-state index contributed by atoms with van der Waals surface area (Å²) in [7, 11) is 0. The van der Waals surface area contributed by atoms with Crippen molar-refractivity contribution in [3.8, 4) is 5.75 Å². The molecule has 0 radical (unpaired) electrons. The summed E-state index contributed by atoms with van der Waals surface area (Å²) >= 11 is 0. The number of fused-ring (bicyclic) bond motifs is 1. The van der Waals surface area contributed by atoms with Crippen LogP contribution in [0.2, 0.25) is 0 Å². The Balaban J connectivity index is 1.48. The Bertz CT molecular complexity index is 603. The lowest BCUT2D eigenvalue weighted by Crippen LogP contribution is -2.20. The molecule has 1 aliphatic carbocycles. The minimum absolute atomic E-state index is 0.408. The van der Waals surface area contributed by atoms with Crippen LogP contribution in [0.4, 0.5) is 0 Å². The fourth-order valence-electron chi connectivity index (χ4n) is 2.80. The molecular weight excluding hydrogens is 250 g/mol. The number of rotatable bonds is 5. The number of para-hydroxylation sites is 1. The normalized spacial score (nSPS) is 20.7. The van der Waals surface area contributed by atoms with E-state index in [1.54, 1.807) is 0 Å². The van der Waals surface area contributed by atoms with E-state index in [0.717, 1.165) is 31.5 Å². The van der Waals surface area contributed by atoms with Crippen molar-refractivity contribution in [2.45, 2.75) is 37.9 Å². The number of ether oxygens (including phenoxy) is 1. The number of aromatic nitrogens is 2. The summed E-state index contributed by atoms with van der Waals surface area (Å²) in [6, 6.07) is 11.2. The molecule has 1 unspecified atom stereocenters. The van der Waals surface area contributed by atoms with Gasteiger partial charge in [0.25, 0.3) is 0 Å². The van der Waals surface area contributed by atoms with E-state index in [0.29, 0.717) is 5.92 Å². The van der Waals surface area contributed by atoms with E-state index in [9.17, 15) is 0 Å². The molecule has 104 valence electrons. The summed E-state index contributed by atoms with van der Waals surface area (Å²) < 4.78 is 7.87. The lowest BCUT2D eigenvalue weighted by molar-refractivity contribution is 0.313. The Hall–Kier alpha value is -1.81. The molecule has 4 rings (SSSR count). The topological polar surface area (TPSA) is 39.1 Å². The molecule has 1 aromatic carbocycles. The minimum atomic E-state index is 0.408. The zero-order valence-corrected chi connectivity index (χ0v) is 11.5. The Morgan fingerprint density at radius 2 is 2.15 bits per heavy atom. The second-order valence-electron chi connectivity index (χ2n) is 5.71. The third kappa shape index (κ3) is 2.31. The van der Waals surface area contributed by atoms with Crippen LogP contribution in [-0.2, 0) is 13.1 Å². The van der Waals surface area contributed by atoms with Crippen molar-refractivity contribution in [2.24, 2.45) is 0 Å². The molecule has 1 saturated carbocycles. The van der Waals surface area contributed by atoms with Crippen LogP contribution in [0.5, 0.6) is 5.75 Å². The van der Waals surface area contributed by atoms with Gasteiger partial charge >= 0.3 is 0 Å². The van der Waals surface area contributed by atoms with Gasteiger partial charge in [-0.2, -0.15) is 5.10 Å². The number of hydrogen-bond acceptors (Lipinski definition) is 3. The molecule has 1 fully saturated rings. The molecule has 0 spiro atoms. The molecule has 20 heavy (non-hydrogen) atoms. The van der Waals surface area contributed by atoms with Crippen LogP contribution in [-0.4, -0.2) is 22.4 Å². The lowest BCUT2D eigenvalue weighted by atomic mass is 10.0. The number of nitrogens with zero attached hydrogens (tertiary/aromatic N) is 2. The first-order valence-electron chi connectivity index (χ1n) is 7.36. The Kier molecular flexibility index (Phi) is 2.96. The first-order valence-corrected chi connectivity index (χ1v) is 7.36. The highest BCUT2D eigenvalue weighted by molar-refractivity contribution is 5.39. The molecule has 0 saturated heterocycles. The first kappa shape index (κ1) is 12.0. The highest BCUT2D eigenvalue weighted by Crippen LogP contribution is 2.34. The van der Waals surface area contributed by atoms with Crippen molar-refractivity contribution in [1.82, 2.24) is 15.1 Å². The van der Waals surface area contributed by atoms with Crippen molar-refractivity contribution in [1.29, 1.82) is 0 Å². The highest BCUT2D eigenvalue weighted by atomic mass is 16.5. The lowest BCUT2D eigenvalue weighted by Gasteiger charge is -2.12. The fraction of sp³-hybridized carbons (Fsp3) is 0.438. The van der Waals surface area contributed by atoms with Gasteiger partial charge in [-0.3, -0.25) is 4.68 Å². The Labute approximate surface area is 118 Å². The van der Waals surface area contributed by atoms with E-state index in [2.05, 4.69) is 33.3 Å². The molecule has 4 heteroatoms. The van der Waals surface area contributed by atoms with Gasteiger partial charge in [-0.25, -0.2) is 0 Å². The third-order valence-corrected chi connectivity index (χ3v) is 4.15. The van der Waals surface area contributed by atoms with Gasteiger partial charge in [-0.15, -0.1) is 0 Å². The maximum Gasteiger partial charge on any atom is 0.122 e. The molecule has 1 atom stereocenters. The van der Waals surface area contributed by atoms with Gasteiger partial charge in [0.1, 0.15) is 5.75 Å². The van der Waals surface area contributed by atoms with E-state index < -0.39 is 0 Å². The standard InChI is InChI=1S/C16H19N3O/c1-2-4-16-15(3-1)12(11-20-16)10-19-14(7-8-18-19)9-17-13-5-6-13/h1-4,7-8,12-13,17H,5-6,9-11H2. The number of benzene rings is 1. The molecular formula is C16H19N3O. The van der Waals surface area contributed by atoms with Gasteiger partial charge in [-0.05, 0) is 25.0 Å². The average molecular weight is 269 g/mol. The zero-order valence-electron chi connectivity index (χ0n) is 11.5. The van der Waals surface area contributed by atoms with Crippen molar-refractivity contribution >= 4 is 0 Å². The zero-order chi connectivity index (χ0) is 13.4. The van der Waals surface area contributed by atoms with Crippen LogP contribution in [0.15, 0.2) is 36.5 Å². The molecule has 2 aromatic rings. The van der Waals surface area contributed by atoms with Crippen molar-refractivity contribution in [3.63, 3.8) is 0 Å². The van der Waals surface area contributed by atoms with Crippen molar-refractivity contribution in [3.05, 3.63) is 47.8 Å². The quantitative estimate of drug-likeness (QED) is 0.905. The van der Waals surface area contributed by atoms with Crippen molar-refractivity contribution in [2.75, 3.05) is 6.61 Å². The smallest absolute Gasteiger partial charge is 0.122 e. The summed E-state index contributed by atoms with van der Waals surface area (Å²) in [5.41, 5.74) is 2.57. The molecule has 0 amide bonds. The van der Waals surface area contributed by atoms with Gasteiger partial charge in [0, 0.05) is 30.3 Å². The molecule has 2 heterocycles. The van der Waals surface area contributed by atoms with Gasteiger partial charge in [0.15, 0.2) is 0 Å². The second kappa shape index (κ2) is 4.94. The van der Waals surface area contributed by atoms with Gasteiger partial charge in [0.2, 0.25) is 0 Å². The van der Waals surface area contributed by atoms with Crippen LogP contribution < -0.4 is 10.1 Å². The molecule has 0 bridgehead atoms. The van der Waals surface area contributed by atoms with Crippen molar-refractivity contribution < 1.29 is 4.74 Å². The summed E-state index contributed by atoms with van der Waals surface area (Å²) in [6.07, 6.45) is 4.53. The van der Waals surface area contributed by atoms with Gasteiger partial charge in [-0.1, -0.05) is 18.2 Å². The van der Waals surface area contributed by atoms with E-state index in [-0.39, 0.29) is 0 Å². The monoisotopic (exact) mass is 269 g/mol. The maximum absolute atomic E-state index is 5.75. The maximum atomic E-state index is 5.75. The molecule has 4 nitrogen and oxygen atoms in total. The van der Waals surface area contributed by atoms with Gasteiger partial charge < -0.3 is 10.1 Å². The fourth-order valence-corrected chi connectivity index (χ4v) is 2.80. The third-order valence-electron chi connectivity index (χ3n) is 4.15. The van der Waals surface area contributed by atoms with E-state index in [1.165, 1.54) is 24.1 Å². The summed E-state index contributed by atoms with van der Waals surface area (Å²) in [5.74, 6) is 1.44. The summed E-state index contributed by atoms with van der Waals surface area (Å²) in [6.45, 7) is 2.57. The minimum Gasteiger partial charge on any atom is -0.493 e. The van der Waals surface area contributed by atoms with Crippen LogP contribution in [0.3, 0.4) is 0 Å².